The zero-order valence-electron chi connectivity index (χ0n) is 17.9. The highest BCUT2D eigenvalue weighted by atomic mass is 35.5. The predicted octanol–water partition coefficient (Wildman–Crippen LogP) is 6.03. The summed E-state index contributed by atoms with van der Waals surface area (Å²) in [5, 5.41) is 18.8. The number of benzene rings is 3. The summed E-state index contributed by atoms with van der Waals surface area (Å²) in [6, 6.07) is 19.6. The van der Waals surface area contributed by atoms with Gasteiger partial charge in [-0.1, -0.05) is 59.6 Å². The van der Waals surface area contributed by atoms with Gasteiger partial charge in [-0.25, -0.2) is 0 Å². The maximum absolute atomic E-state index is 10.9. The molecule has 2 atom stereocenters. The van der Waals surface area contributed by atoms with Crippen molar-refractivity contribution < 1.29 is 9.84 Å². The highest BCUT2D eigenvalue weighted by molar-refractivity contribution is 6.30. The minimum atomic E-state index is -0.210. The summed E-state index contributed by atoms with van der Waals surface area (Å²) in [4.78, 5) is 0. The number of hydrogen-bond donors (Lipinski definition) is 3. The summed E-state index contributed by atoms with van der Waals surface area (Å²) in [6.45, 7) is 6.61. The van der Waals surface area contributed by atoms with Crippen LogP contribution in [0.1, 0.15) is 46.9 Å². The van der Waals surface area contributed by atoms with Gasteiger partial charge in [-0.3, -0.25) is 5.32 Å². The summed E-state index contributed by atoms with van der Waals surface area (Å²) in [5.74, 6) is 0.652. The van der Waals surface area contributed by atoms with Crippen molar-refractivity contribution in [2.24, 2.45) is 0 Å². The molecule has 0 radical (unpaired) electrons. The molecule has 0 aliphatic carbocycles. The van der Waals surface area contributed by atoms with Gasteiger partial charge in [0.25, 0.3) is 0 Å². The average Bonchev–Trinajstić information content (AvgIpc) is 2.75. The van der Waals surface area contributed by atoms with Crippen LogP contribution in [-0.2, 0) is 0 Å². The number of aromatic hydroxyl groups is 1. The van der Waals surface area contributed by atoms with Gasteiger partial charge in [-0.05, 0) is 61.7 Å². The standard InChI is InChI=1S/C26H27ClN2O2/c1-4-31-24-7-5-6-21(25(24)30)23-15-22(18-9-11-19(27)12-10-18)28-26(29-23)20-13-8-16(2)14-17(20)3/h5-15,23,26,28-30H,4H2,1-3H3. The Bertz CT molecular complexity index is 1110. The molecule has 3 aromatic rings. The number of nitrogens with one attached hydrogen (secondary N) is 2. The van der Waals surface area contributed by atoms with E-state index < -0.39 is 0 Å². The van der Waals surface area contributed by atoms with Crippen molar-refractivity contribution in [1.82, 2.24) is 10.6 Å². The lowest BCUT2D eigenvalue weighted by atomic mass is 9.96. The van der Waals surface area contributed by atoms with Gasteiger partial charge in [0.05, 0.1) is 12.6 Å². The van der Waals surface area contributed by atoms with Gasteiger partial charge in [0.1, 0.15) is 6.17 Å². The van der Waals surface area contributed by atoms with E-state index in [1.165, 1.54) is 11.1 Å². The molecule has 0 fully saturated rings. The summed E-state index contributed by atoms with van der Waals surface area (Å²) in [7, 11) is 0. The third-order valence-electron chi connectivity index (χ3n) is 5.54. The molecule has 5 heteroatoms. The van der Waals surface area contributed by atoms with Crippen molar-refractivity contribution in [2.75, 3.05) is 6.61 Å². The normalized spacial score (nSPS) is 18.3. The van der Waals surface area contributed by atoms with Crippen LogP contribution < -0.4 is 15.4 Å². The van der Waals surface area contributed by atoms with Crippen molar-refractivity contribution in [3.63, 3.8) is 0 Å². The Labute approximate surface area is 188 Å². The minimum Gasteiger partial charge on any atom is -0.504 e. The lowest BCUT2D eigenvalue weighted by Crippen LogP contribution is -2.40. The van der Waals surface area contributed by atoms with Gasteiger partial charge in [-0.15, -0.1) is 0 Å². The van der Waals surface area contributed by atoms with E-state index in [0.29, 0.717) is 17.4 Å². The molecule has 31 heavy (non-hydrogen) atoms. The van der Waals surface area contributed by atoms with Gasteiger partial charge in [0.15, 0.2) is 11.5 Å². The molecule has 4 rings (SSSR count). The first kappa shape index (κ1) is 21.3. The molecule has 3 aromatic carbocycles. The Balaban J connectivity index is 1.78. The van der Waals surface area contributed by atoms with E-state index in [-0.39, 0.29) is 18.0 Å². The highest BCUT2D eigenvalue weighted by Crippen LogP contribution is 2.38. The largest absolute Gasteiger partial charge is 0.504 e. The number of para-hydroxylation sites is 1. The van der Waals surface area contributed by atoms with Crippen molar-refractivity contribution in [1.29, 1.82) is 0 Å². The Morgan fingerprint density at radius 1 is 1.00 bits per heavy atom. The number of hydrogen-bond acceptors (Lipinski definition) is 4. The molecule has 4 nitrogen and oxygen atoms in total. The number of ether oxygens (including phenoxy) is 1. The monoisotopic (exact) mass is 434 g/mol. The summed E-state index contributed by atoms with van der Waals surface area (Å²) < 4.78 is 5.61. The van der Waals surface area contributed by atoms with Crippen LogP contribution in [0.25, 0.3) is 5.70 Å². The lowest BCUT2D eigenvalue weighted by Gasteiger charge is -2.34. The maximum atomic E-state index is 10.9. The number of phenolic OH excluding ortho intramolecular Hbond substituents is 1. The third-order valence-corrected chi connectivity index (χ3v) is 5.79. The van der Waals surface area contributed by atoms with Crippen molar-refractivity contribution in [3.05, 3.63) is 99.6 Å². The maximum Gasteiger partial charge on any atom is 0.162 e. The predicted molar refractivity (Wildman–Crippen MR) is 126 cm³/mol. The first-order valence-corrected chi connectivity index (χ1v) is 10.9. The second-order valence-corrected chi connectivity index (χ2v) is 8.23. The molecule has 1 aliphatic rings. The minimum absolute atomic E-state index is 0.128. The van der Waals surface area contributed by atoms with Crippen LogP contribution in [0.4, 0.5) is 0 Å². The third kappa shape index (κ3) is 4.55. The van der Waals surface area contributed by atoms with E-state index in [1.807, 2.05) is 43.3 Å². The van der Waals surface area contributed by atoms with Crippen LogP contribution in [0, 0.1) is 13.8 Å². The van der Waals surface area contributed by atoms with E-state index in [2.05, 4.69) is 48.8 Å². The molecule has 0 saturated heterocycles. The molecule has 0 bridgehead atoms. The van der Waals surface area contributed by atoms with Crippen molar-refractivity contribution >= 4 is 17.3 Å². The molecule has 0 spiro atoms. The quantitative estimate of drug-likeness (QED) is 0.458. The van der Waals surface area contributed by atoms with E-state index in [0.717, 1.165) is 22.4 Å². The van der Waals surface area contributed by atoms with Crippen LogP contribution in [-0.4, -0.2) is 11.7 Å². The molecular formula is C26H27ClN2O2. The fourth-order valence-electron chi connectivity index (χ4n) is 4.01. The van der Waals surface area contributed by atoms with Gasteiger partial charge in [0.2, 0.25) is 0 Å². The number of halogens is 1. The van der Waals surface area contributed by atoms with Gasteiger partial charge in [0, 0.05) is 16.3 Å². The highest BCUT2D eigenvalue weighted by Gasteiger charge is 2.27. The Hall–Kier alpha value is -2.95. The first-order valence-electron chi connectivity index (χ1n) is 10.5. The molecule has 0 saturated carbocycles. The van der Waals surface area contributed by atoms with E-state index >= 15 is 0 Å². The van der Waals surface area contributed by atoms with Crippen LogP contribution in [0.3, 0.4) is 0 Å². The molecule has 1 heterocycles. The van der Waals surface area contributed by atoms with E-state index in [9.17, 15) is 5.11 Å². The smallest absolute Gasteiger partial charge is 0.162 e. The fourth-order valence-corrected chi connectivity index (χ4v) is 4.13. The topological polar surface area (TPSA) is 53.5 Å². The molecule has 0 aromatic heterocycles. The van der Waals surface area contributed by atoms with Gasteiger partial charge < -0.3 is 15.2 Å². The van der Waals surface area contributed by atoms with Crippen LogP contribution >= 0.6 is 11.6 Å². The first-order chi connectivity index (χ1) is 15.0. The Kier molecular flexibility index (Phi) is 6.21. The molecule has 2 unspecified atom stereocenters. The lowest BCUT2D eigenvalue weighted by molar-refractivity contribution is 0.314. The fraction of sp³-hybridized carbons (Fsp3) is 0.231. The second-order valence-electron chi connectivity index (χ2n) is 7.80. The Morgan fingerprint density at radius 3 is 2.48 bits per heavy atom. The van der Waals surface area contributed by atoms with Crippen LogP contribution in [0.2, 0.25) is 5.02 Å². The Morgan fingerprint density at radius 2 is 1.77 bits per heavy atom. The van der Waals surface area contributed by atoms with Crippen LogP contribution in [0.5, 0.6) is 11.5 Å². The second kappa shape index (κ2) is 9.04. The zero-order chi connectivity index (χ0) is 22.0. The summed E-state index contributed by atoms with van der Waals surface area (Å²) in [5.41, 5.74) is 6.37. The molecule has 1 aliphatic heterocycles. The average molecular weight is 435 g/mol. The number of rotatable bonds is 5. The molecule has 3 N–H and O–H groups in total. The number of phenols is 1. The number of aryl methyl sites for hydroxylation is 2. The van der Waals surface area contributed by atoms with Crippen LogP contribution in [0.15, 0.2) is 66.7 Å². The van der Waals surface area contributed by atoms with E-state index in [1.54, 1.807) is 6.07 Å². The van der Waals surface area contributed by atoms with Gasteiger partial charge in [-0.2, -0.15) is 0 Å². The van der Waals surface area contributed by atoms with Crippen molar-refractivity contribution in [2.45, 2.75) is 33.0 Å². The molecular weight excluding hydrogens is 408 g/mol. The van der Waals surface area contributed by atoms with Gasteiger partial charge >= 0.3 is 0 Å². The zero-order valence-corrected chi connectivity index (χ0v) is 18.7. The summed E-state index contributed by atoms with van der Waals surface area (Å²) >= 11 is 6.10. The summed E-state index contributed by atoms with van der Waals surface area (Å²) in [6.07, 6.45) is 1.96. The van der Waals surface area contributed by atoms with E-state index in [4.69, 9.17) is 16.3 Å². The molecule has 0 amide bonds. The SMILES string of the molecule is CCOc1cccc(C2C=C(c3ccc(Cl)cc3)NC(c3ccc(C)cc3C)N2)c1O. The van der Waals surface area contributed by atoms with Crippen molar-refractivity contribution in [3.8, 4) is 11.5 Å². The molecule has 160 valence electrons.